The first-order valence-corrected chi connectivity index (χ1v) is 7.69. The second-order valence-electron chi connectivity index (χ2n) is 5.28. The van der Waals surface area contributed by atoms with Gasteiger partial charge in [-0.05, 0) is 18.2 Å². The van der Waals surface area contributed by atoms with Crippen LogP contribution in [-0.4, -0.2) is 45.0 Å². The van der Waals surface area contributed by atoms with Gasteiger partial charge in [-0.15, -0.1) is 0 Å². The Morgan fingerprint density at radius 3 is 2.84 bits per heavy atom. The number of aromatic nitrogens is 2. The number of likely N-dealkylation sites (N-methyl/N-ethyl adjacent to an activating group) is 1. The van der Waals surface area contributed by atoms with Crippen molar-refractivity contribution in [1.82, 2.24) is 14.7 Å². The Hall–Kier alpha value is -2.94. The van der Waals surface area contributed by atoms with E-state index in [-0.39, 0.29) is 37.0 Å². The second kappa shape index (κ2) is 8.25. The normalized spacial score (nSPS) is 10.3. The zero-order valence-electron chi connectivity index (χ0n) is 13.4. The van der Waals surface area contributed by atoms with E-state index in [1.807, 2.05) is 0 Å². The van der Waals surface area contributed by atoms with Gasteiger partial charge in [0, 0.05) is 30.7 Å². The van der Waals surface area contributed by atoms with Crippen molar-refractivity contribution < 1.29 is 14.5 Å². The largest absolute Gasteiger partial charge is 0.336 e. The number of halogens is 1. The number of hydrogen-bond acceptors (Lipinski definition) is 5. The molecule has 0 atom stereocenters. The monoisotopic (exact) mass is 365 g/mol. The van der Waals surface area contributed by atoms with Crippen LogP contribution in [0.3, 0.4) is 0 Å². The molecule has 1 heterocycles. The number of rotatable bonds is 7. The number of nitrogens with zero attached hydrogens (tertiary/aromatic N) is 4. The van der Waals surface area contributed by atoms with Crippen molar-refractivity contribution in [3.05, 3.63) is 51.8 Å². The second-order valence-corrected chi connectivity index (χ2v) is 5.71. The summed E-state index contributed by atoms with van der Waals surface area (Å²) in [4.78, 5) is 35.3. The summed E-state index contributed by atoms with van der Waals surface area (Å²) in [6, 6.07) is 6.69. The first-order valence-electron chi connectivity index (χ1n) is 7.31. The maximum atomic E-state index is 12.0. The number of aryl methyl sites for hydroxylation is 1. The van der Waals surface area contributed by atoms with E-state index in [0.717, 1.165) is 6.20 Å². The van der Waals surface area contributed by atoms with Crippen molar-refractivity contribution in [3.63, 3.8) is 0 Å². The molecule has 9 nitrogen and oxygen atoms in total. The Morgan fingerprint density at radius 1 is 1.44 bits per heavy atom. The van der Waals surface area contributed by atoms with Gasteiger partial charge in [0.15, 0.2) is 0 Å². The van der Waals surface area contributed by atoms with E-state index in [2.05, 4.69) is 10.4 Å². The minimum atomic E-state index is -0.558. The molecule has 1 aromatic carbocycles. The molecule has 0 bridgehead atoms. The number of amides is 2. The summed E-state index contributed by atoms with van der Waals surface area (Å²) < 4.78 is 1.32. The molecule has 0 radical (unpaired) electrons. The average molecular weight is 366 g/mol. The number of nitro groups is 1. The molecule has 2 rings (SSSR count). The van der Waals surface area contributed by atoms with Crippen molar-refractivity contribution in [1.29, 1.82) is 0 Å². The van der Waals surface area contributed by atoms with Crippen LogP contribution < -0.4 is 5.32 Å². The van der Waals surface area contributed by atoms with Gasteiger partial charge in [0.25, 0.3) is 0 Å². The number of anilines is 1. The summed E-state index contributed by atoms with van der Waals surface area (Å²) in [7, 11) is 1.51. The van der Waals surface area contributed by atoms with E-state index < -0.39 is 4.92 Å². The third-order valence-electron chi connectivity index (χ3n) is 3.30. The molecule has 2 aromatic rings. The SMILES string of the molecule is CN(CC(=O)Nc1cccc(Cl)c1)C(=O)CCn1cc([N+](=O)[O-])cn1. The molecule has 0 unspecified atom stereocenters. The van der Waals surface area contributed by atoms with Crippen LogP contribution in [0.15, 0.2) is 36.7 Å². The first-order chi connectivity index (χ1) is 11.8. The van der Waals surface area contributed by atoms with E-state index in [9.17, 15) is 19.7 Å². The topological polar surface area (TPSA) is 110 Å². The average Bonchev–Trinajstić information content (AvgIpc) is 3.01. The fraction of sp³-hybridized carbons (Fsp3) is 0.267. The number of benzene rings is 1. The molecule has 1 N–H and O–H groups in total. The third kappa shape index (κ3) is 5.57. The predicted octanol–water partition coefficient (Wildman–Crippen LogP) is 1.93. The molecular weight excluding hydrogens is 350 g/mol. The minimum absolute atomic E-state index is 0.0692. The molecule has 0 saturated heterocycles. The summed E-state index contributed by atoms with van der Waals surface area (Å²) in [6.07, 6.45) is 2.44. The number of carbonyl (C=O) groups is 2. The van der Waals surface area contributed by atoms with Crippen molar-refractivity contribution in [3.8, 4) is 0 Å². The summed E-state index contributed by atoms with van der Waals surface area (Å²) in [5.41, 5.74) is 0.406. The summed E-state index contributed by atoms with van der Waals surface area (Å²) in [5, 5.41) is 17.5. The quantitative estimate of drug-likeness (QED) is 0.595. The fourth-order valence-corrected chi connectivity index (χ4v) is 2.23. The molecule has 1 aromatic heterocycles. The molecule has 0 aliphatic carbocycles. The van der Waals surface area contributed by atoms with Gasteiger partial charge in [0.05, 0.1) is 11.5 Å². The third-order valence-corrected chi connectivity index (χ3v) is 3.54. The van der Waals surface area contributed by atoms with Gasteiger partial charge in [-0.25, -0.2) is 0 Å². The molecule has 0 aliphatic rings. The van der Waals surface area contributed by atoms with E-state index in [1.165, 1.54) is 22.8 Å². The lowest BCUT2D eigenvalue weighted by atomic mass is 10.3. The highest BCUT2D eigenvalue weighted by molar-refractivity contribution is 6.30. The van der Waals surface area contributed by atoms with Crippen LogP contribution in [0.4, 0.5) is 11.4 Å². The Balaban J connectivity index is 1.80. The van der Waals surface area contributed by atoms with Gasteiger partial charge in [-0.1, -0.05) is 17.7 Å². The van der Waals surface area contributed by atoms with Crippen LogP contribution in [0, 0.1) is 10.1 Å². The zero-order chi connectivity index (χ0) is 18.4. The predicted molar refractivity (Wildman–Crippen MR) is 91.2 cm³/mol. The fourth-order valence-electron chi connectivity index (χ4n) is 2.04. The molecule has 0 aliphatic heterocycles. The number of hydrogen-bond donors (Lipinski definition) is 1. The van der Waals surface area contributed by atoms with E-state index in [0.29, 0.717) is 10.7 Å². The maximum absolute atomic E-state index is 12.0. The first kappa shape index (κ1) is 18.4. The summed E-state index contributed by atoms with van der Waals surface area (Å²) in [5.74, 6) is -0.632. The molecule has 0 saturated carbocycles. The van der Waals surface area contributed by atoms with Crippen LogP contribution in [0.1, 0.15) is 6.42 Å². The molecule has 0 spiro atoms. The highest BCUT2D eigenvalue weighted by Crippen LogP contribution is 2.14. The number of carbonyl (C=O) groups excluding carboxylic acids is 2. The maximum Gasteiger partial charge on any atom is 0.306 e. The van der Waals surface area contributed by atoms with Gasteiger partial charge in [-0.2, -0.15) is 5.10 Å². The molecular formula is C15H16ClN5O4. The Labute approximate surface area is 148 Å². The molecule has 25 heavy (non-hydrogen) atoms. The Morgan fingerprint density at radius 2 is 2.20 bits per heavy atom. The highest BCUT2D eigenvalue weighted by atomic mass is 35.5. The van der Waals surface area contributed by atoms with Gasteiger partial charge in [-0.3, -0.25) is 24.4 Å². The van der Waals surface area contributed by atoms with E-state index >= 15 is 0 Å². The van der Waals surface area contributed by atoms with Crippen molar-refractivity contribution in [2.24, 2.45) is 0 Å². The molecule has 132 valence electrons. The van der Waals surface area contributed by atoms with E-state index in [4.69, 9.17) is 11.6 Å². The lowest BCUT2D eigenvalue weighted by Crippen LogP contribution is -2.35. The van der Waals surface area contributed by atoms with Crippen molar-refractivity contribution in [2.75, 3.05) is 18.9 Å². The molecule has 2 amide bonds. The smallest absolute Gasteiger partial charge is 0.306 e. The van der Waals surface area contributed by atoms with Crippen molar-refractivity contribution in [2.45, 2.75) is 13.0 Å². The lowest BCUT2D eigenvalue weighted by molar-refractivity contribution is -0.385. The summed E-state index contributed by atoms with van der Waals surface area (Å²) in [6.45, 7) is 0.0670. The van der Waals surface area contributed by atoms with Crippen LogP contribution in [0.2, 0.25) is 5.02 Å². The van der Waals surface area contributed by atoms with Gasteiger partial charge in [0.2, 0.25) is 11.8 Å². The van der Waals surface area contributed by atoms with Crippen LogP contribution in [-0.2, 0) is 16.1 Å². The van der Waals surface area contributed by atoms with Crippen molar-refractivity contribution >= 4 is 34.8 Å². The minimum Gasteiger partial charge on any atom is -0.336 e. The lowest BCUT2D eigenvalue weighted by Gasteiger charge is -2.16. The van der Waals surface area contributed by atoms with Crippen LogP contribution in [0.25, 0.3) is 0 Å². The molecule has 0 fully saturated rings. The Bertz CT molecular complexity index is 792. The zero-order valence-corrected chi connectivity index (χ0v) is 14.1. The molecule has 10 heteroatoms. The highest BCUT2D eigenvalue weighted by Gasteiger charge is 2.15. The standard InChI is InChI=1S/C15H16ClN5O4/c1-19(10-14(22)18-12-4-2-3-11(16)7-12)15(23)5-6-20-9-13(8-17-20)21(24)25/h2-4,7-9H,5-6,10H2,1H3,(H,18,22). The van der Waals surface area contributed by atoms with Gasteiger partial charge in [0.1, 0.15) is 12.4 Å². The van der Waals surface area contributed by atoms with Gasteiger partial charge < -0.3 is 10.2 Å². The summed E-state index contributed by atoms with van der Waals surface area (Å²) >= 11 is 5.84. The van der Waals surface area contributed by atoms with Crippen LogP contribution >= 0.6 is 11.6 Å². The van der Waals surface area contributed by atoms with Gasteiger partial charge >= 0.3 is 5.69 Å². The van der Waals surface area contributed by atoms with E-state index in [1.54, 1.807) is 24.3 Å². The Kier molecular flexibility index (Phi) is 6.07. The van der Waals surface area contributed by atoms with Crippen LogP contribution in [0.5, 0.6) is 0 Å². The number of nitrogens with one attached hydrogen (secondary N) is 1.